The molecule has 0 spiro atoms. The Morgan fingerprint density at radius 1 is 1.14 bits per heavy atom. The fourth-order valence-corrected chi connectivity index (χ4v) is 1.97. The first-order chi connectivity index (χ1) is 10.2. The number of halogens is 1. The van der Waals surface area contributed by atoms with Gasteiger partial charge in [0, 0.05) is 5.56 Å². The molecule has 108 valence electrons. The molecule has 0 amide bonds. The van der Waals surface area contributed by atoms with Crippen LogP contribution in [0.5, 0.6) is 5.75 Å². The maximum atomic E-state index is 13.5. The molecule has 0 aliphatic rings. The molecule has 0 radical (unpaired) electrons. The third-order valence-corrected chi connectivity index (χ3v) is 2.98. The average Bonchev–Trinajstić information content (AvgIpc) is 2.50. The summed E-state index contributed by atoms with van der Waals surface area (Å²) in [4.78, 5) is 0. The molecule has 0 aliphatic carbocycles. The second-order valence-electron chi connectivity index (χ2n) is 4.60. The molecular formula is C18H17FO2. The van der Waals surface area contributed by atoms with E-state index in [1.165, 1.54) is 17.7 Å². The summed E-state index contributed by atoms with van der Waals surface area (Å²) in [6.45, 7) is 2.11. The summed E-state index contributed by atoms with van der Waals surface area (Å²) in [5.41, 5.74) is 2.44. The van der Waals surface area contributed by atoms with Gasteiger partial charge in [-0.15, -0.1) is 0 Å². The fourth-order valence-electron chi connectivity index (χ4n) is 1.97. The van der Waals surface area contributed by atoms with Crippen LogP contribution in [-0.2, 0) is 13.0 Å². The van der Waals surface area contributed by atoms with Gasteiger partial charge < -0.3 is 9.84 Å². The molecule has 2 rings (SSSR count). The van der Waals surface area contributed by atoms with Crippen LogP contribution in [0, 0.1) is 17.7 Å². The normalized spacial score (nSPS) is 9.86. The quantitative estimate of drug-likeness (QED) is 0.873. The summed E-state index contributed by atoms with van der Waals surface area (Å²) in [6, 6.07) is 12.4. The van der Waals surface area contributed by atoms with Crippen LogP contribution in [0.1, 0.15) is 23.6 Å². The van der Waals surface area contributed by atoms with Crippen molar-refractivity contribution >= 4 is 0 Å². The highest BCUT2D eigenvalue weighted by Gasteiger charge is 2.02. The molecule has 0 saturated heterocycles. The molecule has 3 heteroatoms. The number of aryl methyl sites for hydroxylation is 1. The van der Waals surface area contributed by atoms with Crippen molar-refractivity contribution in [3.63, 3.8) is 0 Å². The van der Waals surface area contributed by atoms with Crippen molar-refractivity contribution in [1.29, 1.82) is 0 Å². The highest BCUT2D eigenvalue weighted by molar-refractivity contribution is 5.38. The number of benzene rings is 2. The van der Waals surface area contributed by atoms with E-state index in [2.05, 4.69) is 18.8 Å². The zero-order chi connectivity index (χ0) is 15.1. The second-order valence-corrected chi connectivity index (χ2v) is 4.60. The number of hydrogen-bond donors (Lipinski definition) is 1. The zero-order valence-corrected chi connectivity index (χ0v) is 11.9. The summed E-state index contributed by atoms with van der Waals surface area (Å²) >= 11 is 0. The SMILES string of the molecule is CCc1cccc(OCc2cc(F)cc(C#CCO)c2)c1. The van der Waals surface area contributed by atoms with Crippen LogP contribution < -0.4 is 4.74 Å². The average molecular weight is 284 g/mol. The molecule has 0 bridgehead atoms. The van der Waals surface area contributed by atoms with Gasteiger partial charge in [0.05, 0.1) is 0 Å². The van der Waals surface area contributed by atoms with E-state index in [4.69, 9.17) is 9.84 Å². The molecule has 2 aromatic carbocycles. The molecule has 21 heavy (non-hydrogen) atoms. The second kappa shape index (κ2) is 7.47. The lowest BCUT2D eigenvalue weighted by atomic mass is 10.1. The third-order valence-electron chi connectivity index (χ3n) is 2.98. The van der Waals surface area contributed by atoms with Gasteiger partial charge in [-0.3, -0.25) is 0 Å². The van der Waals surface area contributed by atoms with Crippen molar-refractivity contribution in [1.82, 2.24) is 0 Å². The van der Waals surface area contributed by atoms with Gasteiger partial charge >= 0.3 is 0 Å². The van der Waals surface area contributed by atoms with Gasteiger partial charge in [0.1, 0.15) is 24.8 Å². The van der Waals surface area contributed by atoms with E-state index < -0.39 is 0 Å². The minimum atomic E-state index is -0.361. The predicted molar refractivity (Wildman–Crippen MR) is 80.5 cm³/mol. The Morgan fingerprint density at radius 2 is 2.00 bits per heavy atom. The summed E-state index contributed by atoms with van der Waals surface area (Å²) in [6.07, 6.45) is 0.943. The minimum Gasteiger partial charge on any atom is -0.489 e. The van der Waals surface area contributed by atoms with E-state index in [1.54, 1.807) is 6.07 Å². The molecule has 2 nitrogen and oxygen atoms in total. The number of aliphatic hydroxyl groups excluding tert-OH is 1. The largest absolute Gasteiger partial charge is 0.489 e. The Morgan fingerprint density at radius 3 is 2.76 bits per heavy atom. The Labute approximate surface area is 124 Å². The van der Waals surface area contributed by atoms with Gasteiger partial charge in [0.15, 0.2) is 0 Å². The maximum Gasteiger partial charge on any atom is 0.124 e. The van der Waals surface area contributed by atoms with Crippen molar-refractivity contribution in [2.75, 3.05) is 6.61 Å². The van der Waals surface area contributed by atoms with Crippen LogP contribution in [0.25, 0.3) is 0 Å². The molecule has 1 N–H and O–H groups in total. The maximum absolute atomic E-state index is 13.5. The van der Waals surface area contributed by atoms with Crippen molar-refractivity contribution in [2.24, 2.45) is 0 Å². The van der Waals surface area contributed by atoms with Crippen molar-refractivity contribution in [3.05, 3.63) is 65.0 Å². The fraction of sp³-hybridized carbons (Fsp3) is 0.222. The van der Waals surface area contributed by atoms with Gasteiger partial charge in [0.2, 0.25) is 0 Å². The standard InChI is InChI=1S/C18H17FO2/c1-2-14-5-3-7-18(12-14)21-13-16-9-15(6-4-8-20)10-17(19)11-16/h3,5,7,9-12,20H,2,8,13H2,1H3. The molecule has 0 atom stereocenters. The number of rotatable bonds is 4. The summed E-state index contributed by atoms with van der Waals surface area (Å²) < 4.78 is 19.2. The van der Waals surface area contributed by atoms with Gasteiger partial charge in [-0.2, -0.15) is 0 Å². The van der Waals surface area contributed by atoms with Crippen LogP contribution in [0.3, 0.4) is 0 Å². The topological polar surface area (TPSA) is 29.5 Å². The van der Waals surface area contributed by atoms with Gasteiger partial charge in [0.25, 0.3) is 0 Å². The molecular weight excluding hydrogens is 267 g/mol. The molecule has 0 unspecified atom stereocenters. The van der Waals surface area contributed by atoms with Crippen LogP contribution in [0.4, 0.5) is 4.39 Å². The monoisotopic (exact) mass is 284 g/mol. The zero-order valence-electron chi connectivity index (χ0n) is 11.9. The molecule has 0 fully saturated rings. The van der Waals surface area contributed by atoms with E-state index in [1.807, 2.05) is 24.3 Å². The minimum absolute atomic E-state index is 0.244. The highest BCUT2D eigenvalue weighted by Crippen LogP contribution is 2.16. The molecule has 0 aromatic heterocycles. The van der Waals surface area contributed by atoms with E-state index in [0.29, 0.717) is 11.1 Å². The number of hydrogen-bond acceptors (Lipinski definition) is 2. The lowest BCUT2D eigenvalue weighted by Crippen LogP contribution is -1.97. The van der Waals surface area contributed by atoms with Gasteiger partial charge in [-0.25, -0.2) is 4.39 Å². The van der Waals surface area contributed by atoms with E-state index in [-0.39, 0.29) is 19.0 Å². The first-order valence-corrected chi connectivity index (χ1v) is 6.82. The summed E-state index contributed by atoms with van der Waals surface area (Å²) in [7, 11) is 0. The molecule has 0 aliphatic heterocycles. The molecule has 0 saturated carbocycles. The van der Waals surface area contributed by atoms with Gasteiger partial charge in [-0.1, -0.05) is 30.9 Å². The van der Waals surface area contributed by atoms with E-state index in [9.17, 15) is 4.39 Å². The van der Waals surface area contributed by atoms with Crippen LogP contribution >= 0.6 is 0 Å². The predicted octanol–water partition coefficient (Wildman–Crippen LogP) is 3.31. The Kier molecular flexibility index (Phi) is 5.36. The van der Waals surface area contributed by atoms with Gasteiger partial charge in [-0.05, 0) is 47.9 Å². The van der Waals surface area contributed by atoms with Crippen molar-refractivity contribution in [3.8, 4) is 17.6 Å². The van der Waals surface area contributed by atoms with E-state index in [0.717, 1.165) is 12.2 Å². The van der Waals surface area contributed by atoms with Crippen LogP contribution in [0.15, 0.2) is 42.5 Å². The smallest absolute Gasteiger partial charge is 0.124 e. The van der Waals surface area contributed by atoms with Crippen LogP contribution in [-0.4, -0.2) is 11.7 Å². The summed E-state index contributed by atoms with van der Waals surface area (Å²) in [5.74, 6) is 5.61. The Balaban J connectivity index is 2.10. The number of ether oxygens (including phenoxy) is 1. The highest BCUT2D eigenvalue weighted by atomic mass is 19.1. The first-order valence-electron chi connectivity index (χ1n) is 6.82. The van der Waals surface area contributed by atoms with Crippen molar-refractivity contribution < 1.29 is 14.2 Å². The summed E-state index contributed by atoms with van der Waals surface area (Å²) in [5, 5.41) is 8.68. The van der Waals surface area contributed by atoms with E-state index >= 15 is 0 Å². The Hall–Kier alpha value is -2.31. The van der Waals surface area contributed by atoms with Crippen molar-refractivity contribution in [2.45, 2.75) is 20.0 Å². The first kappa shape index (κ1) is 15.1. The lowest BCUT2D eigenvalue weighted by molar-refractivity contribution is 0.305. The molecule has 2 aromatic rings. The molecule has 0 heterocycles. The number of aliphatic hydroxyl groups is 1. The van der Waals surface area contributed by atoms with Crippen LogP contribution in [0.2, 0.25) is 0 Å². The lowest BCUT2D eigenvalue weighted by Gasteiger charge is -2.08. The third kappa shape index (κ3) is 4.62. The Bertz CT molecular complexity index is 668.